The minimum Gasteiger partial charge on any atom is -1.00 e. The molecule has 0 aromatic carbocycles. The zero-order valence-corrected chi connectivity index (χ0v) is 8.55. The molecule has 0 atom stereocenters. The molecule has 0 spiro atoms. The predicted molar refractivity (Wildman–Crippen MR) is 32.8 cm³/mol. The molecule has 0 saturated carbocycles. The Morgan fingerprint density at radius 2 is 2.40 bits per heavy atom. The topological polar surface area (TPSA) is 58.9 Å². The van der Waals surface area contributed by atoms with Crippen LogP contribution in [0.2, 0.25) is 0 Å². The van der Waals surface area contributed by atoms with Crippen LogP contribution in [0, 0.1) is 0 Å². The molecule has 0 aromatic heterocycles. The van der Waals surface area contributed by atoms with Gasteiger partial charge in [-0.25, -0.2) is 4.79 Å². The Morgan fingerprint density at radius 3 is 2.70 bits per heavy atom. The fourth-order valence-corrected chi connectivity index (χ4v) is 0.286. The summed E-state index contributed by atoms with van der Waals surface area (Å²) < 4.78 is 4.33. The van der Waals surface area contributed by atoms with E-state index in [-0.39, 0.29) is 37.6 Å². The first-order valence-corrected chi connectivity index (χ1v) is 2.64. The summed E-state index contributed by atoms with van der Waals surface area (Å²) in [5.41, 5.74) is 0. The van der Waals surface area contributed by atoms with Gasteiger partial charge >= 0.3 is 35.5 Å². The largest absolute Gasteiger partial charge is 1.00 e. The number of ether oxygens (including phenoxy) is 1. The van der Waals surface area contributed by atoms with Crippen molar-refractivity contribution in [3.8, 4) is 0 Å². The third-order valence-corrected chi connectivity index (χ3v) is 0.762. The normalized spacial score (nSPS) is 10.0. The van der Waals surface area contributed by atoms with E-state index < -0.39 is 11.1 Å². The summed E-state index contributed by atoms with van der Waals surface area (Å²) in [6.45, 7) is 1.84. The number of carbonyl (C=O) groups excluding carboxylic acids is 1. The second-order valence-corrected chi connectivity index (χ2v) is 1.47. The van der Waals surface area contributed by atoms with Crippen LogP contribution < -0.4 is 29.6 Å². The van der Waals surface area contributed by atoms with Gasteiger partial charge in [0.1, 0.15) is 0 Å². The van der Waals surface area contributed by atoms with E-state index in [9.17, 15) is 4.79 Å². The Labute approximate surface area is 87.0 Å². The Kier molecular flexibility index (Phi) is 9.44. The monoisotopic (exact) mass is 175 g/mol. The predicted octanol–water partition coefficient (Wildman–Crippen LogP) is -2.31. The minimum atomic E-state index is -0.818. The van der Waals surface area contributed by atoms with E-state index in [0.29, 0.717) is 0 Å². The van der Waals surface area contributed by atoms with Crippen LogP contribution in [0.5, 0.6) is 0 Å². The van der Waals surface area contributed by atoms with E-state index in [1.54, 1.807) is 6.92 Å². The Morgan fingerprint density at radius 1 is 1.90 bits per heavy atom. The third-order valence-electron chi connectivity index (χ3n) is 0.532. The number of esters is 1. The zero-order valence-electron chi connectivity index (χ0n) is 6.80. The summed E-state index contributed by atoms with van der Waals surface area (Å²) in [6, 6.07) is 0. The second-order valence-electron chi connectivity index (χ2n) is 1.11. The summed E-state index contributed by atoms with van der Waals surface area (Å²) in [6.07, 6.45) is 0. The van der Waals surface area contributed by atoms with E-state index in [1.165, 1.54) is 0 Å². The van der Waals surface area contributed by atoms with E-state index >= 15 is 0 Å². The molecule has 0 aliphatic carbocycles. The molecule has 0 unspecified atom stereocenters. The first-order chi connectivity index (χ1) is 4.22. The molecular formula is C4H7ClNNaO3. The Bertz CT molecular complexity index is 143. The van der Waals surface area contributed by atoms with E-state index in [4.69, 9.17) is 16.8 Å². The van der Waals surface area contributed by atoms with Gasteiger partial charge in [0.2, 0.25) is 0 Å². The molecule has 0 saturated heterocycles. The van der Waals surface area contributed by atoms with Crippen LogP contribution in [-0.4, -0.2) is 23.0 Å². The van der Waals surface area contributed by atoms with E-state index in [1.807, 2.05) is 0 Å². The van der Waals surface area contributed by atoms with Gasteiger partial charge in [-0.05, 0) is 6.92 Å². The van der Waals surface area contributed by atoms with Crippen molar-refractivity contribution in [3.63, 3.8) is 0 Å². The molecule has 6 heteroatoms. The summed E-state index contributed by atoms with van der Waals surface area (Å²) in [5, 5.41) is 9.74. The first kappa shape index (κ1) is 12.9. The van der Waals surface area contributed by atoms with E-state index in [0.717, 1.165) is 0 Å². The van der Waals surface area contributed by atoms with Crippen molar-refractivity contribution in [2.24, 2.45) is 5.16 Å². The minimum absolute atomic E-state index is 0. The number of hydrogen-bond donors (Lipinski definition) is 1. The third kappa shape index (κ3) is 5.05. The summed E-state index contributed by atoms with van der Waals surface area (Å²) in [4.78, 5) is 10.3. The van der Waals surface area contributed by atoms with Gasteiger partial charge in [0, 0.05) is 0 Å². The van der Waals surface area contributed by atoms with Crippen molar-refractivity contribution in [2.75, 3.05) is 6.61 Å². The summed E-state index contributed by atoms with van der Waals surface area (Å²) >= 11 is 5.02. The van der Waals surface area contributed by atoms with E-state index in [2.05, 4.69) is 9.89 Å². The van der Waals surface area contributed by atoms with Crippen LogP contribution in [0.25, 0.3) is 0 Å². The molecule has 0 heterocycles. The maximum Gasteiger partial charge on any atom is 1.00 e. The van der Waals surface area contributed by atoms with Gasteiger partial charge in [0.05, 0.1) is 6.61 Å². The van der Waals surface area contributed by atoms with Crippen LogP contribution >= 0.6 is 11.6 Å². The molecule has 0 aliphatic rings. The maximum atomic E-state index is 10.3. The number of nitrogens with zero attached hydrogens (tertiary/aromatic N) is 1. The van der Waals surface area contributed by atoms with Gasteiger partial charge in [-0.15, -0.1) is 0 Å². The van der Waals surface area contributed by atoms with Crippen LogP contribution in [-0.2, 0) is 9.53 Å². The number of rotatable bonds is 2. The van der Waals surface area contributed by atoms with Crippen molar-refractivity contribution in [3.05, 3.63) is 0 Å². The maximum absolute atomic E-state index is 10.3. The number of hydrogen-bond acceptors (Lipinski definition) is 4. The molecule has 0 bridgehead atoms. The fourth-order valence-electron chi connectivity index (χ4n) is 0.231. The van der Waals surface area contributed by atoms with Crippen molar-refractivity contribution in [1.29, 1.82) is 0 Å². The summed E-state index contributed by atoms with van der Waals surface area (Å²) in [5.74, 6) is -0.818. The van der Waals surface area contributed by atoms with Crippen LogP contribution in [0.3, 0.4) is 0 Å². The number of carbonyl (C=O) groups is 1. The Hall–Kier alpha value is 0.230. The standard InChI is InChI=1S/C4H6ClNO3.Na.H/c1-2-9-4(7)3(5)6-8;;/h8H,2H2,1H3;;/q;+1;-1. The van der Waals surface area contributed by atoms with Gasteiger partial charge in [-0.3, -0.25) is 0 Å². The van der Waals surface area contributed by atoms with Crippen LogP contribution in [0.4, 0.5) is 0 Å². The number of oxime groups is 1. The molecule has 10 heavy (non-hydrogen) atoms. The summed E-state index contributed by atoms with van der Waals surface area (Å²) in [7, 11) is 0. The SMILES string of the molecule is CCOC(=O)C(Cl)=NO.[H-].[Na+]. The zero-order chi connectivity index (χ0) is 7.28. The van der Waals surface area contributed by atoms with Crippen molar-refractivity contribution >= 4 is 22.7 Å². The molecule has 0 aliphatic heterocycles. The molecule has 0 amide bonds. The molecule has 0 rings (SSSR count). The smallest absolute Gasteiger partial charge is 1.00 e. The Balaban J connectivity index is -0.000000320. The van der Waals surface area contributed by atoms with Gasteiger partial charge in [0.15, 0.2) is 0 Å². The average molecular weight is 176 g/mol. The van der Waals surface area contributed by atoms with Crippen molar-refractivity contribution < 1.29 is 45.7 Å². The molecular weight excluding hydrogens is 168 g/mol. The van der Waals surface area contributed by atoms with Crippen molar-refractivity contribution in [2.45, 2.75) is 6.92 Å². The van der Waals surface area contributed by atoms with Crippen molar-refractivity contribution in [1.82, 2.24) is 0 Å². The van der Waals surface area contributed by atoms with Gasteiger partial charge in [-0.1, -0.05) is 16.8 Å². The number of halogens is 1. The van der Waals surface area contributed by atoms with Crippen LogP contribution in [0.15, 0.2) is 5.16 Å². The molecule has 4 nitrogen and oxygen atoms in total. The second kappa shape index (κ2) is 7.34. The quantitative estimate of drug-likeness (QED) is 0.169. The first-order valence-electron chi connectivity index (χ1n) is 2.27. The van der Waals surface area contributed by atoms with Gasteiger partial charge in [0.25, 0.3) is 5.17 Å². The molecule has 54 valence electrons. The molecule has 1 N–H and O–H groups in total. The van der Waals surface area contributed by atoms with Crippen LogP contribution in [0.1, 0.15) is 8.35 Å². The van der Waals surface area contributed by atoms with Gasteiger partial charge < -0.3 is 11.4 Å². The molecule has 0 radical (unpaired) electrons. The molecule has 0 aromatic rings. The average Bonchev–Trinajstić information content (AvgIpc) is 1.87. The van der Waals surface area contributed by atoms with Gasteiger partial charge in [-0.2, -0.15) is 0 Å². The molecule has 0 fully saturated rings. The fraction of sp³-hybridized carbons (Fsp3) is 0.500.